The molecule has 0 N–H and O–H groups in total. The molecule has 0 aromatic rings. The van der Waals surface area contributed by atoms with E-state index >= 15 is 0 Å². The quantitative estimate of drug-likeness (QED) is 0.478. The van der Waals surface area contributed by atoms with E-state index in [1.54, 1.807) is 0 Å². The van der Waals surface area contributed by atoms with Gasteiger partial charge in [-0.1, -0.05) is 0 Å². The average molecular weight is 163 g/mol. The maximum Gasteiger partial charge on any atom is 0.220 e. The van der Waals surface area contributed by atoms with Crippen LogP contribution in [0.25, 0.3) is 0 Å². The Labute approximate surface area is 59.8 Å². The molecule has 1 unspecified atom stereocenters. The summed E-state index contributed by atoms with van der Waals surface area (Å²) in [5.74, 6) is 0.188. The van der Waals surface area contributed by atoms with Crippen LogP contribution in [-0.4, -0.2) is 37.9 Å². The van der Waals surface area contributed by atoms with Gasteiger partial charge in [0.05, 0.1) is 6.61 Å². The number of fused-ring (bicyclic) bond motifs is 1. The summed E-state index contributed by atoms with van der Waals surface area (Å²) in [4.78, 5) is 0. The van der Waals surface area contributed by atoms with Crippen molar-refractivity contribution in [2.45, 2.75) is 12.6 Å². The molecule has 0 spiro atoms. The van der Waals surface area contributed by atoms with Crippen molar-refractivity contribution >= 4 is 10.0 Å². The lowest BCUT2D eigenvalue weighted by molar-refractivity contribution is -0.0587. The van der Waals surface area contributed by atoms with Crippen molar-refractivity contribution in [1.29, 1.82) is 0 Å². The van der Waals surface area contributed by atoms with Crippen LogP contribution >= 0.6 is 0 Å². The van der Waals surface area contributed by atoms with E-state index in [1.807, 2.05) is 0 Å². The molecule has 58 valence electrons. The van der Waals surface area contributed by atoms with E-state index in [0.717, 1.165) is 6.42 Å². The Morgan fingerprint density at radius 1 is 1.50 bits per heavy atom. The van der Waals surface area contributed by atoms with Crippen molar-refractivity contribution in [3.05, 3.63) is 0 Å². The van der Waals surface area contributed by atoms with Crippen LogP contribution in [0.5, 0.6) is 0 Å². The molecule has 0 bridgehead atoms. The Morgan fingerprint density at radius 2 is 2.30 bits per heavy atom. The van der Waals surface area contributed by atoms with Crippen LogP contribution in [0.1, 0.15) is 6.42 Å². The Bertz CT molecular complexity index is 235. The van der Waals surface area contributed by atoms with Gasteiger partial charge in [-0.05, 0) is 6.42 Å². The second kappa shape index (κ2) is 1.93. The van der Waals surface area contributed by atoms with Gasteiger partial charge in [-0.3, -0.25) is 0 Å². The van der Waals surface area contributed by atoms with Crippen LogP contribution in [-0.2, 0) is 14.8 Å². The number of hydrogen-bond donors (Lipinski definition) is 0. The minimum Gasteiger partial charge on any atom is -0.361 e. The van der Waals surface area contributed by atoms with Crippen molar-refractivity contribution in [1.82, 2.24) is 4.31 Å². The topological polar surface area (TPSA) is 46.6 Å². The lowest BCUT2D eigenvalue weighted by atomic mass is 10.4. The molecule has 2 aliphatic rings. The summed E-state index contributed by atoms with van der Waals surface area (Å²) in [7, 11) is -2.87. The highest BCUT2D eigenvalue weighted by molar-refractivity contribution is 7.90. The molecule has 10 heavy (non-hydrogen) atoms. The van der Waals surface area contributed by atoms with Crippen LogP contribution < -0.4 is 0 Å². The van der Waals surface area contributed by atoms with Gasteiger partial charge in [0.25, 0.3) is 0 Å². The molecule has 2 heterocycles. The third-order valence-corrected chi connectivity index (χ3v) is 3.70. The fraction of sp³-hybridized carbons (Fsp3) is 1.00. The van der Waals surface area contributed by atoms with Crippen molar-refractivity contribution in [2.75, 3.05) is 18.9 Å². The van der Waals surface area contributed by atoms with Gasteiger partial charge >= 0.3 is 0 Å². The Morgan fingerprint density at radius 3 is 2.80 bits per heavy atom. The normalized spacial score (nSPS) is 38.2. The van der Waals surface area contributed by atoms with Crippen molar-refractivity contribution in [2.24, 2.45) is 0 Å². The second-order valence-electron chi connectivity index (χ2n) is 2.57. The van der Waals surface area contributed by atoms with E-state index in [2.05, 4.69) is 0 Å². The molecule has 0 radical (unpaired) electrons. The lowest BCUT2D eigenvalue weighted by Crippen LogP contribution is -2.60. The van der Waals surface area contributed by atoms with Gasteiger partial charge in [0.1, 0.15) is 12.0 Å². The smallest absolute Gasteiger partial charge is 0.220 e. The summed E-state index contributed by atoms with van der Waals surface area (Å²) < 4.78 is 28.4. The van der Waals surface area contributed by atoms with E-state index in [9.17, 15) is 8.42 Å². The highest BCUT2D eigenvalue weighted by Crippen LogP contribution is 2.25. The fourth-order valence-electron chi connectivity index (χ4n) is 1.31. The molecule has 0 saturated carbocycles. The summed E-state index contributed by atoms with van der Waals surface area (Å²) in [6, 6.07) is 0. The zero-order chi connectivity index (χ0) is 7.19. The second-order valence-corrected chi connectivity index (χ2v) is 4.53. The third kappa shape index (κ3) is 0.777. The highest BCUT2D eigenvalue weighted by Gasteiger charge is 2.45. The molecule has 2 rings (SSSR count). The van der Waals surface area contributed by atoms with Gasteiger partial charge in [-0.15, -0.1) is 0 Å². The first-order valence-corrected chi connectivity index (χ1v) is 4.92. The molecule has 1 atom stereocenters. The maximum atomic E-state index is 10.9. The van der Waals surface area contributed by atoms with Crippen molar-refractivity contribution < 1.29 is 13.2 Å². The zero-order valence-electron chi connectivity index (χ0n) is 5.49. The predicted octanol–water partition coefficient (Wildman–Crippen LogP) is -0.622. The molecule has 2 aliphatic heterocycles. The van der Waals surface area contributed by atoms with E-state index in [4.69, 9.17) is 4.74 Å². The standard InChI is InChI=1S/C5H9NO3S/c7-10(8)4-5-6(10)2-1-3-9-5/h5H,1-4H2. The minimum atomic E-state index is -2.87. The van der Waals surface area contributed by atoms with Crippen molar-refractivity contribution in [3.63, 3.8) is 0 Å². The number of nitrogens with zero attached hydrogens (tertiary/aromatic N) is 1. The SMILES string of the molecule is O=S1(=O)CC2OCCCN21. The lowest BCUT2D eigenvalue weighted by Gasteiger charge is -2.42. The van der Waals surface area contributed by atoms with E-state index in [-0.39, 0.29) is 12.0 Å². The van der Waals surface area contributed by atoms with Gasteiger partial charge in [-0.2, -0.15) is 4.31 Å². The largest absolute Gasteiger partial charge is 0.361 e. The summed E-state index contributed by atoms with van der Waals surface area (Å²) in [6.45, 7) is 1.35. The molecule has 5 heteroatoms. The zero-order valence-corrected chi connectivity index (χ0v) is 6.30. The van der Waals surface area contributed by atoms with Gasteiger partial charge in [0.15, 0.2) is 0 Å². The fourth-order valence-corrected chi connectivity index (χ4v) is 2.78. The van der Waals surface area contributed by atoms with Crippen LogP contribution in [0.2, 0.25) is 0 Å². The molecule has 2 saturated heterocycles. The van der Waals surface area contributed by atoms with E-state index in [0.29, 0.717) is 13.2 Å². The van der Waals surface area contributed by atoms with Crippen LogP contribution in [0.4, 0.5) is 0 Å². The molecule has 4 nitrogen and oxygen atoms in total. The van der Waals surface area contributed by atoms with E-state index in [1.165, 1.54) is 4.31 Å². The number of hydrogen-bond acceptors (Lipinski definition) is 3. The highest BCUT2D eigenvalue weighted by atomic mass is 32.2. The maximum absolute atomic E-state index is 10.9. The first kappa shape index (κ1) is 6.57. The van der Waals surface area contributed by atoms with Gasteiger partial charge in [0, 0.05) is 6.54 Å². The molecule has 0 amide bonds. The first-order chi connectivity index (χ1) is 4.70. The van der Waals surface area contributed by atoms with Gasteiger partial charge in [-0.25, -0.2) is 8.42 Å². The summed E-state index contributed by atoms with van der Waals surface area (Å²) in [5.41, 5.74) is 0. The molecular formula is C5H9NO3S. The Kier molecular flexibility index (Phi) is 1.27. The average Bonchev–Trinajstić information content (AvgIpc) is 1.86. The summed E-state index contributed by atoms with van der Waals surface area (Å²) in [5, 5.41) is 0. The molecule has 0 aliphatic carbocycles. The Balaban J connectivity index is 2.15. The van der Waals surface area contributed by atoms with Gasteiger partial charge < -0.3 is 4.74 Å². The number of ether oxygens (including phenoxy) is 1. The monoisotopic (exact) mass is 163 g/mol. The molecule has 2 fully saturated rings. The van der Waals surface area contributed by atoms with Crippen LogP contribution in [0.3, 0.4) is 0 Å². The number of sulfonamides is 1. The molecule has 0 aromatic heterocycles. The summed E-state index contributed by atoms with van der Waals surface area (Å²) >= 11 is 0. The molecule has 0 aromatic carbocycles. The van der Waals surface area contributed by atoms with Gasteiger partial charge in [0.2, 0.25) is 10.0 Å². The minimum absolute atomic E-state index is 0.126. The third-order valence-electron chi connectivity index (χ3n) is 1.86. The first-order valence-electron chi connectivity index (χ1n) is 3.31. The van der Waals surface area contributed by atoms with E-state index < -0.39 is 10.0 Å². The van der Waals surface area contributed by atoms with Crippen LogP contribution in [0, 0.1) is 0 Å². The van der Waals surface area contributed by atoms with Crippen molar-refractivity contribution in [3.8, 4) is 0 Å². The number of rotatable bonds is 0. The summed E-state index contributed by atoms with van der Waals surface area (Å²) in [6.07, 6.45) is 0.703. The Hall–Kier alpha value is -0.130. The molecular weight excluding hydrogens is 154 g/mol. The van der Waals surface area contributed by atoms with Crippen LogP contribution in [0.15, 0.2) is 0 Å². The predicted molar refractivity (Wildman–Crippen MR) is 34.8 cm³/mol.